The molecule has 2 amide bonds. The molecule has 0 bridgehead atoms. The number of nitrogens with one attached hydrogen (secondary N) is 2. The van der Waals surface area contributed by atoms with Crippen molar-refractivity contribution < 1.29 is 14.3 Å². The average Bonchev–Trinajstić information content (AvgIpc) is 3.18. The van der Waals surface area contributed by atoms with Crippen LogP contribution >= 0.6 is 0 Å². The van der Waals surface area contributed by atoms with Gasteiger partial charge in [-0.3, -0.25) is 19.7 Å². The lowest BCUT2D eigenvalue weighted by atomic mass is 9.83. The van der Waals surface area contributed by atoms with E-state index in [0.29, 0.717) is 18.1 Å². The van der Waals surface area contributed by atoms with Crippen molar-refractivity contribution in [1.29, 1.82) is 0 Å². The third-order valence-corrected chi connectivity index (χ3v) is 10.9. The van der Waals surface area contributed by atoms with Gasteiger partial charge in [0.1, 0.15) is 5.75 Å². The van der Waals surface area contributed by atoms with Gasteiger partial charge in [-0.25, -0.2) is 0 Å². The maximum absolute atomic E-state index is 13.3. The molecule has 2 aromatic rings. The van der Waals surface area contributed by atoms with Gasteiger partial charge in [-0.1, -0.05) is 26.1 Å². The number of aromatic nitrogens is 3. The first-order chi connectivity index (χ1) is 15.0. The molecule has 1 fully saturated rings. The first-order valence-electron chi connectivity index (χ1n) is 11.2. The molecule has 2 N–H and O–H groups in total. The highest BCUT2D eigenvalue weighted by Gasteiger charge is 2.54. The summed E-state index contributed by atoms with van der Waals surface area (Å²) in [5, 5.41) is 10.4. The largest absolute Gasteiger partial charge is 0.479 e. The molecule has 1 unspecified atom stereocenters. The number of carbonyl (C=O) groups is 2. The fourth-order valence-corrected chi connectivity index (χ4v) is 7.54. The monoisotopic (exact) mass is 455 g/mol. The molecule has 3 heterocycles. The summed E-state index contributed by atoms with van der Waals surface area (Å²) in [6, 6.07) is 3.55. The summed E-state index contributed by atoms with van der Waals surface area (Å²) >= 11 is 0. The second-order valence-corrected chi connectivity index (χ2v) is 16.0. The Hall–Kier alpha value is -2.68. The number of pyridine rings is 1. The molecule has 0 saturated heterocycles. The van der Waals surface area contributed by atoms with Crippen LogP contribution in [-0.4, -0.2) is 46.1 Å². The third-order valence-electron chi connectivity index (χ3n) is 7.34. The molecule has 4 rings (SSSR count). The minimum atomic E-state index is -1.69. The van der Waals surface area contributed by atoms with Crippen LogP contribution in [0.2, 0.25) is 24.7 Å². The van der Waals surface area contributed by atoms with Crippen molar-refractivity contribution in [2.75, 3.05) is 5.32 Å². The highest BCUT2D eigenvalue weighted by Crippen LogP contribution is 2.56. The van der Waals surface area contributed by atoms with Crippen LogP contribution in [0.4, 0.5) is 5.82 Å². The highest BCUT2D eigenvalue weighted by atomic mass is 28.3. The summed E-state index contributed by atoms with van der Waals surface area (Å²) in [4.78, 5) is 32.4. The summed E-state index contributed by atoms with van der Waals surface area (Å²) in [7, 11) is -1.69. The second kappa shape index (κ2) is 7.72. The van der Waals surface area contributed by atoms with E-state index in [1.165, 1.54) is 0 Å². The Morgan fingerprint density at radius 3 is 2.56 bits per heavy atom. The molecule has 0 radical (unpaired) electrons. The van der Waals surface area contributed by atoms with E-state index >= 15 is 0 Å². The molecule has 9 heteroatoms. The lowest BCUT2D eigenvalue weighted by Gasteiger charge is -2.48. The minimum absolute atomic E-state index is 0.0769. The molecule has 32 heavy (non-hydrogen) atoms. The van der Waals surface area contributed by atoms with Crippen molar-refractivity contribution in [2.45, 2.75) is 82.9 Å². The Labute approximate surface area is 190 Å². The number of ether oxygens (including phenoxy) is 1. The summed E-state index contributed by atoms with van der Waals surface area (Å²) in [6.45, 7) is 12.8. The molecule has 1 atom stereocenters. The molecule has 2 aromatic heterocycles. The zero-order valence-corrected chi connectivity index (χ0v) is 20.8. The van der Waals surface area contributed by atoms with Crippen LogP contribution in [0.25, 0.3) is 0 Å². The standard InChI is InChI=1S/C23H33N5O3Si/c1-15(31-16-9-7-12-24-13-16)20(29)28-14-17-18(22(28,2)3)26-27-19(17)25-21(30)23(10-8-11-23)32(4,5)6/h7,9,12-13,15H,8,10-11,14H2,1-6H3,(H2,25,26,27,30). The summed E-state index contributed by atoms with van der Waals surface area (Å²) in [6.07, 6.45) is 5.57. The minimum Gasteiger partial charge on any atom is -0.479 e. The zero-order valence-electron chi connectivity index (χ0n) is 19.8. The average molecular weight is 456 g/mol. The lowest BCUT2D eigenvalue weighted by molar-refractivity contribution is -0.143. The van der Waals surface area contributed by atoms with Gasteiger partial charge < -0.3 is 15.0 Å². The smallest absolute Gasteiger partial charge is 0.264 e. The molecule has 0 spiro atoms. The number of H-pyrrole nitrogens is 1. The molecule has 172 valence electrons. The maximum Gasteiger partial charge on any atom is 0.264 e. The van der Waals surface area contributed by atoms with E-state index in [1.54, 1.807) is 36.4 Å². The molecule has 0 aromatic carbocycles. The quantitative estimate of drug-likeness (QED) is 0.640. The van der Waals surface area contributed by atoms with Gasteiger partial charge in [-0.15, -0.1) is 0 Å². The van der Waals surface area contributed by atoms with Crippen LogP contribution in [0.15, 0.2) is 24.5 Å². The van der Waals surface area contributed by atoms with E-state index in [-0.39, 0.29) is 16.9 Å². The number of fused-ring (bicyclic) bond motifs is 1. The van der Waals surface area contributed by atoms with E-state index in [1.807, 2.05) is 13.8 Å². The molecule has 2 aliphatic rings. The first-order valence-corrected chi connectivity index (χ1v) is 14.7. The van der Waals surface area contributed by atoms with Crippen molar-refractivity contribution in [2.24, 2.45) is 0 Å². The van der Waals surface area contributed by atoms with Gasteiger partial charge in [0.25, 0.3) is 5.91 Å². The van der Waals surface area contributed by atoms with Crippen LogP contribution in [0.1, 0.15) is 51.3 Å². The van der Waals surface area contributed by atoms with Gasteiger partial charge in [0.15, 0.2) is 11.9 Å². The predicted molar refractivity (Wildman–Crippen MR) is 125 cm³/mol. The number of carbonyl (C=O) groups excluding carboxylic acids is 2. The fourth-order valence-electron chi connectivity index (χ4n) is 4.94. The van der Waals surface area contributed by atoms with Crippen molar-refractivity contribution in [3.8, 4) is 5.75 Å². The van der Waals surface area contributed by atoms with Crippen molar-refractivity contribution in [3.05, 3.63) is 35.8 Å². The number of hydrogen-bond acceptors (Lipinski definition) is 5. The van der Waals surface area contributed by atoms with E-state index in [4.69, 9.17) is 4.74 Å². The molecule has 1 saturated carbocycles. The van der Waals surface area contributed by atoms with Gasteiger partial charge in [0.2, 0.25) is 5.91 Å². The molecule has 1 aliphatic heterocycles. The number of amides is 2. The summed E-state index contributed by atoms with van der Waals surface area (Å²) < 4.78 is 5.81. The Morgan fingerprint density at radius 1 is 1.28 bits per heavy atom. The molecular formula is C23H33N5O3Si. The number of aromatic amines is 1. The summed E-state index contributed by atoms with van der Waals surface area (Å²) in [5.74, 6) is 1.04. The zero-order chi connectivity index (χ0) is 23.3. The Balaban J connectivity index is 1.52. The Bertz CT molecular complexity index is 1020. The van der Waals surface area contributed by atoms with Gasteiger partial charge >= 0.3 is 0 Å². The Morgan fingerprint density at radius 2 is 2.00 bits per heavy atom. The Kier molecular flexibility index (Phi) is 5.43. The second-order valence-electron chi connectivity index (χ2n) is 10.5. The maximum atomic E-state index is 13.3. The number of rotatable bonds is 6. The van der Waals surface area contributed by atoms with Gasteiger partial charge in [0.05, 0.1) is 32.0 Å². The van der Waals surface area contributed by atoms with Crippen molar-refractivity contribution >= 4 is 25.7 Å². The normalized spacial score (nSPS) is 19.6. The molecule has 1 aliphatic carbocycles. The van der Waals surface area contributed by atoms with Gasteiger partial charge in [0, 0.05) is 16.8 Å². The van der Waals surface area contributed by atoms with Crippen molar-refractivity contribution in [1.82, 2.24) is 20.1 Å². The molecular weight excluding hydrogens is 422 g/mol. The van der Waals surface area contributed by atoms with Crippen LogP contribution in [0.3, 0.4) is 0 Å². The predicted octanol–water partition coefficient (Wildman–Crippen LogP) is 4.05. The van der Waals surface area contributed by atoms with Gasteiger partial charge in [-0.05, 0) is 45.7 Å². The van der Waals surface area contributed by atoms with Crippen LogP contribution < -0.4 is 10.1 Å². The van der Waals surface area contributed by atoms with Gasteiger partial charge in [-0.2, -0.15) is 5.10 Å². The SMILES string of the molecule is CC(Oc1cccnc1)C(=O)N1Cc2c(NC(=O)C3([Si](C)(C)C)CCC3)n[nH]c2C1(C)C. The van der Waals surface area contributed by atoms with E-state index in [2.05, 4.69) is 40.1 Å². The topological polar surface area (TPSA) is 100 Å². The lowest BCUT2D eigenvalue weighted by Crippen LogP contribution is -2.52. The van der Waals surface area contributed by atoms with Crippen LogP contribution in [0.5, 0.6) is 5.75 Å². The molecule has 8 nitrogen and oxygen atoms in total. The van der Waals surface area contributed by atoms with E-state index in [0.717, 1.165) is 30.5 Å². The van der Waals surface area contributed by atoms with Crippen LogP contribution in [0, 0.1) is 0 Å². The van der Waals surface area contributed by atoms with E-state index < -0.39 is 19.7 Å². The van der Waals surface area contributed by atoms with Crippen LogP contribution in [-0.2, 0) is 21.7 Å². The third kappa shape index (κ3) is 3.52. The highest BCUT2D eigenvalue weighted by molar-refractivity contribution is 6.83. The van der Waals surface area contributed by atoms with Crippen molar-refractivity contribution in [3.63, 3.8) is 0 Å². The number of hydrogen-bond donors (Lipinski definition) is 2. The summed E-state index contributed by atoms with van der Waals surface area (Å²) in [5.41, 5.74) is 1.13. The number of anilines is 1. The number of nitrogens with zero attached hydrogens (tertiary/aromatic N) is 3. The first kappa shape index (κ1) is 22.5. The fraction of sp³-hybridized carbons (Fsp3) is 0.565. The van der Waals surface area contributed by atoms with E-state index in [9.17, 15) is 9.59 Å².